The van der Waals surface area contributed by atoms with Gasteiger partial charge in [0.05, 0.1) is 5.75 Å². The molecule has 2 amide bonds. The highest BCUT2D eigenvalue weighted by Crippen LogP contribution is 2.20. The summed E-state index contributed by atoms with van der Waals surface area (Å²) in [4.78, 5) is 32.7. The van der Waals surface area contributed by atoms with Crippen molar-refractivity contribution in [3.8, 4) is 0 Å². The fraction of sp³-hybridized carbons (Fsp3) is 0.308. The number of carbonyl (C=O) groups is 3. The second-order valence-corrected chi connectivity index (χ2v) is 5.64. The SMILES string of the molecule is Cc1ccc(NC(=O)CSCC(NC=O)C(=O)O)cc1Cl. The van der Waals surface area contributed by atoms with Crippen LogP contribution in [0.15, 0.2) is 18.2 Å². The van der Waals surface area contributed by atoms with Gasteiger partial charge in [-0.05, 0) is 24.6 Å². The van der Waals surface area contributed by atoms with Crippen molar-refractivity contribution in [3.63, 3.8) is 0 Å². The first-order valence-corrected chi connectivity index (χ1v) is 7.53. The molecule has 0 heterocycles. The molecule has 0 fully saturated rings. The van der Waals surface area contributed by atoms with Gasteiger partial charge in [0.2, 0.25) is 12.3 Å². The first-order valence-electron chi connectivity index (χ1n) is 6.00. The van der Waals surface area contributed by atoms with Gasteiger partial charge in [0.1, 0.15) is 6.04 Å². The van der Waals surface area contributed by atoms with Crippen LogP contribution in [0.3, 0.4) is 0 Å². The van der Waals surface area contributed by atoms with E-state index in [0.717, 1.165) is 17.3 Å². The lowest BCUT2D eigenvalue weighted by Gasteiger charge is -2.10. The van der Waals surface area contributed by atoms with Crippen molar-refractivity contribution in [1.29, 1.82) is 0 Å². The number of anilines is 1. The molecule has 1 atom stereocenters. The van der Waals surface area contributed by atoms with E-state index in [-0.39, 0.29) is 17.4 Å². The fourth-order valence-corrected chi connectivity index (χ4v) is 2.44. The van der Waals surface area contributed by atoms with Crippen LogP contribution >= 0.6 is 23.4 Å². The zero-order valence-electron chi connectivity index (χ0n) is 11.3. The molecule has 1 unspecified atom stereocenters. The molecule has 0 radical (unpaired) electrons. The number of hydrogen-bond acceptors (Lipinski definition) is 4. The maximum atomic E-state index is 11.7. The van der Waals surface area contributed by atoms with Gasteiger partial charge in [-0.2, -0.15) is 0 Å². The molecule has 3 N–H and O–H groups in total. The number of nitrogens with one attached hydrogen (secondary N) is 2. The van der Waals surface area contributed by atoms with Crippen LogP contribution in [0.1, 0.15) is 5.56 Å². The van der Waals surface area contributed by atoms with Gasteiger partial charge < -0.3 is 15.7 Å². The Kier molecular flexibility index (Phi) is 7.04. The summed E-state index contributed by atoms with van der Waals surface area (Å²) in [6, 6.07) is 4.17. The predicted octanol–water partition coefficient (Wildman–Crippen LogP) is 1.52. The first-order chi connectivity index (χ1) is 9.93. The molecule has 0 bridgehead atoms. The van der Waals surface area contributed by atoms with Crippen molar-refractivity contribution in [1.82, 2.24) is 5.32 Å². The number of carboxylic acids is 1. The zero-order valence-corrected chi connectivity index (χ0v) is 12.8. The van der Waals surface area contributed by atoms with Gasteiger partial charge in [-0.15, -0.1) is 11.8 Å². The van der Waals surface area contributed by atoms with Crippen LogP contribution in [0, 0.1) is 6.92 Å². The second-order valence-electron chi connectivity index (χ2n) is 4.20. The Bertz CT molecular complexity index is 539. The molecule has 0 saturated heterocycles. The number of amides is 2. The van der Waals surface area contributed by atoms with E-state index in [4.69, 9.17) is 16.7 Å². The highest BCUT2D eigenvalue weighted by atomic mass is 35.5. The van der Waals surface area contributed by atoms with Crippen molar-refractivity contribution < 1.29 is 19.5 Å². The minimum atomic E-state index is -1.14. The number of aliphatic carboxylic acids is 1. The molecule has 21 heavy (non-hydrogen) atoms. The molecule has 1 aromatic rings. The third kappa shape index (κ3) is 6.05. The Morgan fingerprint density at radius 3 is 2.76 bits per heavy atom. The van der Waals surface area contributed by atoms with E-state index in [1.807, 2.05) is 6.92 Å². The first kappa shape index (κ1) is 17.3. The summed E-state index contributed by atoms with van der Waals surface area (Å²) in [6.07, 6.45) is 0.327. The molecule has 0 aliphatic carbocycles. The fourth-order valence-electron chi connectivity index (χ4n) is 1.41. The summed E-state index contributed by atoms with van der Waals surface area (Å²) in [5, 5.41) is 14.2. The van der Waals surface area contributed by atoms with Crippen molar-refractivity contribution in [3.05, 3.63) is 28.8 Å². The Morgan fingerprint density at radius 1 is 1.48 bits per heavy atom. The van der Waals surface area contributed by atoms with Crippen molar-refractivity contribution >= 4 is 47.3 Å². The second kappa shape index (κ2) is 8.53. The monoisotopic (exact) mass is 330 g/mol. The summed E-state index contributed by atoms with van der Waals surface area (Å²) in [5.74, 6) is -1.22. The lowest BCUT2D eigenvalue weighted by molar-refractivity contribution is -0.139. The summed E-state index contributed by atoms with van der Waals surface area (Å²) in [6.45, 7) is 1.86. The van der Waals surface area contributed by atoms with Gasteiger partial charge in [-0.25, -0.2) is 4.79 Å². The maximum absolute atomic E-state index is 11.7. The predicted molar refractivity (Wildman–Crippen MR) is 82.8 cm³/mol. The molecule has 8 heteroatoms. The standard InChI is InChI=1S/C13H15ClN2O4S/c1-8-2-3-9(4-10(8)14)16-12(18)6-21-5-11(13(19)20)15-7-17/h2-4,7,11H,5-6H2,1H3,(H,15,17)(H,16,18)(H,19,20). The highest BCUT2D eigenvalue weighted by molar-refractivity contribution is 8.00. The molecule has 1 aromatic carbocycles. The number of rotatable bonds is 8. The van der Waals surface area contributed by atoms with Crippen molar-refractivity contribution in [2.45, 2.75) is 13.0 Å². The molecule has 0 saturated carbocycles. The van der Waals surface area contributed by atoms with Crippen molar-refractivity contribution in [2.75, 3.05) is 16.8 Å². The summed E-state index contributed by atoms with van der Waals surface area (Å²) >= 11 is 7.07. The molecule has 0 spiro atoms. The quantitative estimate of drug-likeness (QED) is 0.628. The Labute approximate surface area is 131 Å². The normalized spacial score (nSPS) is 11.5. The van der Waals surface area contributed by atoms with E-state index < -0.39 is 12.0 Å². The number of halogens is 1. The van der Waals surface area contributed by atoms with Crippen LogP contribution < -0.4 is 10.6 Å². The van der Waals surface area contributed by atoms with E-state index in [9.17, 15) is 14.4 Å². The molecular weight excluding hydrogens is 316 g/mol. The molecular formula is C13H15ClN2O4S. The summed E-state index contributed by atoms with van der Waals surface area (Å²) < 4.78 is 0. The number of aryl methyl sites for hydroxylation is 1. The highest BCUT2D eigenvalue weighted by Gasteiger charge is 2.16. The van der Waals surface area contributed by atoms with Crippen molar-refractivity contribution in [2.24, 2.45) is 0 Å². The van der Waals surface area contributed by atoms with Gasteiger partial charge >= 0.3 is 5.97 Å². The minimum Gasteiger partial charge on any atom is -0.480 e. The average molecular weight is 331 g/mol. The van der Waals surface area contributed by atoms with E-state index in [2.05, 4.69) is 10.6 Å². The molecule has 0 aromatic heterocycles. The van der Waals surface area contributed by atoms with Gasteiger partial charge in [0, 0.05) is 16.5 Å². The number of carbonyl (C=O) groups excluding carboxylic acids is 2. The lowest BCUT2D eigenvalue weighted by Crippen LogP contribution is -2.38. The lowest BCUT2D eigenvalue weighted by atomic mass is 10.2. The molecule has 114 valence electrons. The van der Waals surface area contributed by atoms with Crippen LogP contribution in [0.2, 0.25) is 5.02 Å². The molecule has 0 aliphatic rings. The number of benzene rings is 1. The zero-order chi connectivity index (χ0) is 15.8. The van der Waals surface area contributed by atoms with Crippen LogP contribution in [0.5, 0.6) is 0 Å². The number of thioether (sulfide) groups is 1. The van der Waals surface area contributed by atoms with E-state index >= 15 is 0 Å². The third-order valence-electron chi connectivity index (χ3n) is 2.54. The maximum Gasteiger partial charge on any atom is 0.327 e. The van der Waals surface area contributed by atoms with Gasteiger partial charge in [0.15, 0.2) is 0 Å². The van der Waals surface area contributed by atoms with Gasteiger partial charge in [0.25, 0.3) is 0 Å². The summed E-state index contributed by atoms with van der Waals surface area (Å²) in [7, 11) is 0. The smallest absolute Gasteiger partial charge is 0.327 e. The molecule has 6 nitrogen and oxygen atoms in total. The van der Waals surface area contributed by atoms with E-state index in [1.165, 1.54) is 0 Å². The Balaban J connectivity index is 2.41. The summed E-state index contributed by atoms with van der Waals surface area (Å²) in [5.41, 5.74) is 1.49. The number of hydrogen-bond donors (Lipinski definition) is 3. The van der Waals surface area contributed by atoms with E-state index in [1.54, 1.807) is 18.2 Å². The van der Waals surface area contributed by atoms with Crippen LogP contribution in [0.4, 0.5) is 5.69 Å². The van der Waals surface area contributed by atoms with Crippen LogP contribution in [-0.2, 0) is 14.4 Å². The largest absolute Gasteiger partial charge is 0.480 e. The third-order valence-corrected chi connectivity index (χ3v) is 3.98. The molecule has 0 aliphatic heterocycles. The van der Waals surface area contributed by atoms with Gasteiger partial charge in [-0.3, -0.25) is 9.59 Å². The van der Waals surface area contributed by atoms with Crippen LogP contribution in [0.25, 0.3) is 0 Å². The van der Waals surface area contributed by atoms with Crippen LogP contribution in [-0.4, -0.2) is 40.9 Å². The number of carboxylic acid groups (broad SMARTS) is 1. The Morgan fingerprint density at radius 2 is 2.19 bits per heavy atom. The minimum absolute atomic E-state index is 0.0792. The topological polar surface area (TPSA) is 95.5 Å². The average Bonchev–Trinajstić information content (AvgIpc) is 2.42. The van der Waals surface area contributed by atoms with E-state index in [0.29, 0.717) is 17.1 Å². The Hall–Kier alpha value is -1.73. The molecule has 1 rings (SSSR count). The van der Waals surface area contributed by atoms with Gasteiger partial charge in [-0.1, -0.05) is 17.7 Å².